The van der Waals surface area contributed by atoms with Crippen molar-refractivity contribution in [3.8, 4) is 12.1 Å². The van der Waals surface area contributed by atoms with Gasteiger partial charge in [-0.05, 0) is 19.9 Å². The van der Waals surface area contributed by atoms with Crippen LogP contribution in [0.5, 0.6) is 0 Å². The van der Waals surface area contributed by atoms with E-state index in [0.29, 0.717) is 24.6 Å². The summed E-state index contributed by atoms with van der Waals surface area (Å²) in [6.07, 6.45) is 0.424. The number of hydrogen-bond donors (Lipinski definition) is 0. The highest BCUT2D eigenvalue weighted by Gasteiger charge is 2.09. The zero-order valence-electron chi connectivity index (χ0n) is 9.43. The highest BCUT2D eigenvalue weighted by Crippen LogP contribution is 2.10. The maximum Gasteiger partial charge on any atom is 0.226 e. The Morgan fingerprint density at radius 3 is 2.69 bits per heavy atom. The van der Waals surface area contributed by atoms with Gasteiger partial charge in [0.25, 0.3) is 0 Å². The predicted molar refractivity (Wildman–Crippen MR) is 59.6 cm³/mol. The molecule has 0 aliphatic rings. The van der Waals surface area contributed by atoms with Gasteiger partial charge in [-0.25, -0.2) is 9.97 Å². The minimum atomic E-state index is 0.359. The Bertz CT molecular complexity index is 441. The Labute approximate surface area is 95.0 Å². The van der Waals surface area contributed by atoms with Crippen molar-refractivity contribution in [1.82, 2.24) is 9.97 Å². The molecule has 0 amide bonds. The summed E-state index contributed by atoms with van der Waals surface area (Å²) in [5, 5.41) is 17.3. The van der Waals surface area contributed by atoms with E-state index in [1.165, 1.54) is 0 Å². The van der Waals surface area contributed by atoms with Gasteiger partial charge in [0.1, 0.15) is 11.8 Å². The number of aryl methyl sites for hydroxylation is 1. The van der Waals surface area contributed by atoms with Gasteiger partial charge in [0.15, 0.2) is 0 Å². The summed E-state index contributed by atoms with van der Waals surface area (Å²) >= 11 is 0. The second kappa shape index (κ2) is 5.67. The smallest absolute Gasteiger partial charge is 0.226 e. The predicted octanol–water partition coefficient (Wildman–Crippen LogP) is 1.40. The molecule has 0 fully saturated rings. The van der Waals surface area contributed by atoms with Crippen LogP contribution in [0.2, 0.25) is 0 Å². The lowest BCUT2D eigenvalue weighted by Crippen LogP contribution is -2.26. The van der Waals surface area contributed by atoms with Crippen LogP contribution < -0.4 is 4.90 Å². The second-order valence-electron chi connectivity index (χ2n) is 3.29. The average molecular weight is 215 g/mol. The van der Waals surface area contributed by atoms with Gasteiger partial charge in [-0.2, -0.15) is 10.5 Å². The van der Waals surface area contributed by atoms with Crippen LogP contribution >= 0.6 is 0 Å². The molecule has 1 aromatic rings. The summed E-state index contributed by atoms with van der Waals surface area (Å²) in [5.74, 6) is 0.522. The second-order valence-corrected chi connectivity index (χ2v) is 3.29. The number of anilines is 1. The van der Waals surface area contributed by atoms with Crippen molar-refractivity contribution >= 4 is 5.95 Å². The van der Waals surface area contributed by atoms with Gasteiger partial charge in [0, 0.05) is 18.8 Å². The highest BCUT2D eigenvalue weighted by molar-refractivity contribution is 5.35. The first-order chi connectivity index (χ1) is 7.71. The lowest BCUT2D eigenvalue weighted by Gasteiger charge is -2.19. The molecule has 0 aliphatic carbocycles. The fourth-order valence-corrected chi connectivity index (χ4v) is 1.34. The Morgan fingerprint density at radius 1 is 1.38 bits per heavy atom. The van der Waals surface area contributed by atoms with E-state index in [9.17, 15) is 0 Å². The van der Waals surface area contributed by atoms with Crippen LogP contribution in [0.1, 0.15) is 24.7 Å². The first kappa shape index (κ1) is 11.9. The van der Waals surface area contributed by atoms with Crippen LogP contribution in [-0.4, -0.2) is 23.1 Å². The van der Waals surface area contributed by atoms with Gasteiger partial charge in [0.05, 0.1) is 12.5 Å². The van der Waals surface area contributed by atoms with Crippen LogP contribution in [-0.2, 0) is 0 Å². The molecule has 0 radical (unpaired) electrons. The van der Waals surface area contributed by atoms with E-state index < -0.39 is 0 Å². The SMILES string of the molecule is CCN(CCC#N)c1nc(C)cc(C#N)n1. The van der Waals surface area contributed by atoms with Gasteiger partial charge < -0.3 is 4.90 Å². The summed E-state index contributed by atoms with van der Waals surface area (Å²) in [6, 6.07) is 5.72. The normalized spacial score (nSPS) is 9.25. The third-order valence-electron chi connectivity index (χ3n) is 2.12. The Kier molecular flexibility index (Phi) is 4.23. The Hall–Kier alpha value is -2.14. The zero-order valence-corrected chi connectivity index (χ0v) is 9.43. The molecule has 0 N–H and O–H groups in total. The van der Waals surface area contributed by atoms with Crippen LogP contribution in [0.15, 0.2) is 6.07 Å². The van der Waals surface area contributed by atoms with E-state index in [4.69, 9.17) is 10.5 Å². The van der Waals surface area contributed by atoms with Crippen molar-refractivity contribution in [1.29, 1.82) is 10.5 Å². The van der Waals surface area contributed by atoms with E-state index in [-0.39, 0.29) is 0 Å². The first-order valence-electron chi connectivity index (χ1n) is 5.09. The average Bonchev–Trinajstić information content (AvgIpc) is 2.29. The van der Waals surface area contributed by atoms with E-state index in [2.05, 4.69) is 16.0 Å². The molecule has 0 aliphatic heterocycles. The highest BCUT2D eigenvalue weighted by atomic mass is 15.2. The molecule has 82 valence electrons. The number of rotatable bonds is 4. The van der Waals surface area contributed by atoms with Gasteiger partial charge >= 0.3 is 0 Å². The van der Waals surface area contributed by atoms with Gasteiger partial charge in [-0.3, -0.25) is 0 Å². The standard InChI is InChI=1S/C11H13N5/c1-3-16(6-4-5-12)11-14-9(2)7-10(8-13)15-11/h7H,3-4,6H2,1-2H3. The molecular formula is C11H13N5. The fraction of sp³-hybridized carbons (Fsp3) is 0.455. The summed E-state index contributed by atoms with van der Waals surface area (Å²) in [4.78, 5) is 10.3. The molecule has 0 aromatic carbocycles. The Balaban J connectivity index is 2.97. The third-order valence-corrected chi connectivity index (χ3v) is 2.12. The number of aromatic nitrogens is 2. The molecule has 0 spiro atoms. The maximum absolute atomic E-state index is 8.81. The van der Waals surface area contributed by atoms with E-state index in [1.54, 1.807) is 6.07 Å². The van der Waals surface area contributed by atoms with E-state index in [0.717, 1.165) is 12.2 Å². The monoisotopic (exact) mass is 215 g/mol. The van der Waals surface area contributed by atoms with Crippen molar-refractivity contribution in [2.75, 3.05) is 18.0 Å². The van der Waals surface area contributed by atoms with Crippen LogP contribution in [0.25, 0.3) is 0 Å². The van der Waals surface area contributed by atoms with E-state index in [1.807, 2.05) is 24.8 Å². The van der Waals surface area contributed by atoms with Crippen molar-refractivity contribution < 1.29 is 0 Å². The molecule has 1 aromatic heterocycles. The lowest BCUT2D eigenvalue weighted by molar-refractivity contribution is 0.785. The van der Waals surface area contributed by atoms with Crippen molar-refractivity contribution in [2.24, 2.45) is 0 Å². The van der Waals surface area contributed by atoms with Crippen LogP contribution in [0.3, 0.4) is 0 Å². The molecule has 0 bridgehead atoms. The molecule has 5 heteroatoms. The summed E-state index contributed by atoms with van der Waals surface area (Å²) in [6.45, 7) is 5.09. The largest absolute Gasteiger partial charge is 0.340 e. The number of nitrogens with zero attached hydrogens (tertiary/aromatic N) is 5. The molecule has 1 rings (SSSR count). The number of nitriles is 2. The van der Waals surface area contributed by atoms with Gasteiger partial charge in [-0.15, -0.1) is 0 Å². The van der Waals surface area contributed by atoms with Crippen molar-refractivity contribution in [2.45, 2.75) is 20.3 Å². The first-order valence-corrected chi connectivity index (χ1v) is 5.09. The molecule has 0 saturated heterocycles. The van der Waals surface area contributed by atoms with Gasteiger partial charge in [-0.1, -0.05) is 0 Å². The topological polar surface area (TPSA) is 76.6 Å². The maximum atomic E-state index is 8.81. The Morgan fingerprint density at radius 2 is 2.12 bits per heavy atom. The summed E-state index contributed by atoms with van der Waals surface area (Å²) in [5.41, 5.74) is 1.12. The molecule has 0 unspecified atom stereocenters. The van der Waals surface area contributed by atoms with Crippen LogP contribution in [0.4, 0.5) is 5.95 Å². The summed E-state index contributed by atoms with van der Waals surface area (Å²) in [7, 11) is 0. The van der Waals surface area contributed by atoms with E-state index >= 15 is 0 Å². The molecule has 0 saturated carbocycles. The van der Waals surface area contributed by atoms with Crippen LogP contribution in [0, 0.1) is 29.6 Å². The molecule has 16 heavy (non-hydrogen) atoms. The quantitative estimate of drug-likeness (QED) is 0.758. The number of hydrogen-bond acceptors (Lipinski definition) is 5. The molecule has 5 nitrogen and oxygen atoms in total. The van der Waals surface area contributed by atoms with Gasteiger partial charge in [0.2, 0.25) is 5.95 Å². The minimum absolute atomic E-state index is 0.359. The zero-order chi connectivity index (χ0) is 12.0. The van der Waals surface area contributed by atoms with Crippen molar-refractivity contribution in [3.05, 3.63) is 17.5 Å². The third kappa shape index (κ3) is 2.93. The summed E-state index contributed by atoms with van der Waals surface area (Å²) < 4.78 is 0. The fourth-order valence-electron chi connectivity index (χ4n) is 1.34. The molecular weight excluding hydrogens is 202 g/mol. The molecule has 0 atom stereocenters. The molecule has 1 heterocycles. The lowest BCUT2D eigenvalue weighted by atomic mass is 10.3. The minimum Gasteiger partial charge on any atom is -0.340 e. The van der Waals surface area contributed by atoms with Crippen molar-refractivity contribution in [3.63, 3.8) is 0 Å².